The maximum atomic E-state index is 9.82. The number of hydrogen-bond donors (Lipinski definition) is 1. The van der Waals surface area contributed by atoms with E-state index in [0.717, 1.165) is 24.7 Å². The third-order valence-electron chi connectivity index (χ3n) is 3.19. The van der Waals surface area contributed by atoms with Crippen LogP contribution in [0.1, 0.15) is 13.8 Å². The van der Waals surface area contributed by atoms with E-state index in [9.17, 15) is 5.11 Å². The van der Waals surface area contributed by atoms with E-state index in [4.69, 9.17) is 0 Å². The zero-order valence-corrected chi connectivity index (χ0v) is 11.1. The number of hydrogen-bond acceptors (Lipinski definition) is 4. The van der Waals surface area contributed by atoms with Gasteiger partial charge in [-0.3, -0.25) is 0 Å². The molecule has 0 aromatic heterocycles. The molecule has 0 saturated heterocycles. The molecule has 98 valence electrons. The van der Waals surface area contributed by atoms with Gasteiger partial charge in [0.15, 0.2) is 0 Å². The average Bonchev–Trinajstić information content (AvgIpc) is 2.42. The Morgan fingerprint density at radius 2 is 1.94 bits per heavy atom. The van der Waals surface area contributed by atoms with Crippen LogP contribution in [0.3, 0.4) is 0 Å². The monoisotopic (exact) mass is 247 g/mol. The number of aliphatic hydroxyl groups excluding tert-OH is 1. The standard InChI is InChI=1S/C14H21N3O/c1-3-16(4-2)14-15-10-13(18)11-17(14)12-8-6-5-7-9-12/h5-9,13,18H,3-4,10-11H2,1-2H3. The zero-order chi connectivity index (χ0) is 13.0. The summed E-state index contributed by atoms with van der Waals surface area (Å²) in [5.41, 5.74) is 1.09. The van der Waals surface area contributed by atoms with E-state index in [1.54, 1.807) is 0 Å². The summed E-state index contributed by atoms with van der Waals surface area (Å²) in [7, 11) is 0. The molecule has 0 aliphatic carbocycles. The van der Waals surface area contributed by atoms with Gasteiger partial charge in [-0.05, 0) is 26.0 Å². The first-order chi connectivity index (χ1) is 8.76. The van der Waals surface area contributed by atoms with Gasteiger partial charge in [-0.15, -0.1) is 0 Å². The van der Waals surface area contributed by atoms with Gasteiger partial charge in [0.25, 0.3) is 0 Å². The molecule has 1 N–H and O–H groups in total. The lowest BCUT2D eigenvalue weighted by atomic mass is 10.2. The van der Waals surface area contributed by atoms with E-state index in [0.29, 0.717) is 13.1 Å². The van der Waals surface area contributed by atoms with Crippen LogP contribution < -0.4 is 4.90 Å². The number of para-hydroxylation sites is 1. The van der Waals surface area contributed by atoms with E-state index < -0.39 is 0 Å². The summed E-state index contributed by atoms with van der Waals surface area (Å²) in [6.07, 6.45) is -0.385. The van der Waals surface area contributed by atoms with Crippen molar-refractivity contribution in [3.8, 4) is 0 Å². The van der Waals surface area contributed by atoms with Crippen molar-refractivity contribution in [1.29, 1.82) is 0 Å². The van der Waals surface area contributed by atoms with Crippen LogP contribution in [-0.4, -0.2) is 48.2 Å². The van der Waals surface area contributed by atoms with Crippen LogP contribution in [0, 0.1) is 0 Å². The summed E-state index contributed by atoms with van der Waals surface area (Å²) in [4.78, 5) is 8.85. The molecule has 0 spiro atoms. The summed E-state index contributed by atoms with van der Waals surface area (Å²) >= 11 is 0. The smallest absolute Gasteiger partial charge is 0.201 e. The first kappa shape index (κ1) is 12.9. The van der Waals surface area contributed by atoms with Gasteiger partial charge in [-0.2, -0.15) is 0 Å². The molecule has 0 bridgehead atoms. The molecule has 0 radical (unpaired) electrons. The Morgan fingerprint density at radius 1 is 1.28 bits per heavy atom. The summed E-state index contributed by atoms with van der Waals surface area (Å²) in [6.45, 7) is 7.21. The second-order valence-electron chi connectivity index (χ2n) is 4.41. The molecule has 2 rings (SSSR count). The van der Waals surface area contributed by atoms with E-state index in [2.05, 4.69) is 40.8 Å². The van der Waals surface area contributed by atoms with Gasteiger partial charge >= 0.3 is 0 Å². The van der Waals surface area contributed by atoms with Gasteiger partial charge in [-0.25, -0.2) is 4.99 Å². The molecule has 0 amide bonds. The van der Waals surface area contributed by atoms with E-state index in [-0.39, 0.29) is 6.10 Å². The van der Waals surface area contributed by atoms with Crippen molar-refractivity contribution in [2.24, 2.45) is 4.99 Å². The maximum absolute atomic E-state index is 9.82. The van der Waals surface area contributed by atoms with E-state index in [1.165, 1.54) is 0 Å². The van der Waals surface area contributed by atoms with Crippen molar-refractivity contribution in [2.75, 3.05) is 31.1 Å². The highest BCUT2D eigenvalue weighted by atomic mass is 16.3. The van der Waals surface area contributed by atoms with Crippen molar-refractivity contribution in [2.45, 2.75) is 20.0 Å². The molecule has 4 heteroatoms. The van der Waals surface area contributed by atoms with Crippen LogP contribution >= 0.6 is 0 Å². The number of guanidine groups is 1. The van der Waals surface area contributed by atoms with Crippen LogP contribution in [0.25, 0.3) is 0 Å². The Balaban J connectivity index is 2.30. The molecule has 1 atom stereocenters. The predicted molar refractivity (Wildman–Crippen MR) is 75.0 cm³/mol. The molecule has 1 aromatic carbocycles. The normalized spacial score (nSPS) is 19.6. The predicted octanol–water partition coefficient (Wildman–Crippen LogP) is 1.57. The number of aliphatic hydroxyl groups is 1. The molecular weight excluding hydrogens is 226 g/mol. The number of anilines is 1. The summed E-state index contributed by atoms with van der Waals surface area (Å²) in [6, 6.07) is 10.1. The first-order valence-corrected chi connectivity index (χ1v) is 6.56. The Kier molecular flexibility index (Phi) is 4.20. The van der Waals surface area contributed by atoms with Crippen LogP contribution in [0.2, 0.25) is 0 Å². The summed E-state index contributed by atoms with van der Waals surface area (Å²) in [5.74, 6) is 0.969. The van der Waals surface area contributed by atoms with Crippen LogP contribution in [0.5, 0.6) is 0 Å². The fraction of sp³-hybridized carbons (Fsp3) is 0.500. The molecule has 1 aliphatic rings. The minimum absolute atomic E-state index is 0.385. The Morgan fingerprint density at radius 3 is 2.56 bits per heavy atom. The fourth-order valence-electron chi connectivity index (χ4n) is 2.23. The average molecular weight is 247 g/mol. The Bertz CT molecular complexity index is 401. The lowest BCUT2D eigenvalue weighted by molar-refractivity contribution is 0.185. The summed E-state index contributed by atoms with van der Waals surface area (Å²) < 4.78 is 0. The zero-order valence-electron chi connectivity index (χ0n) is 11.1. The number of β-amino-alcohol motifs (C(OH)–C–C–N with tert-alkyl or cyclic N) is 1. The second kappa shape index (κ2) is 5.87. The van der Waals surface area contributed by atoms with Crippen molar-refractivity contribution in [3.63, 3.8) is 0 Å². The van der Waals surface area contributed by atoms with E-state index in [1.807, 2.05) is 18.2 Å². The van der Waals surface area contributed by atoms with Gasteiger partial charge in [0.1, 0.15) is 0 Å². The van der Waals surface area contributed by atoms with Crippen molar-refractivity contribution < 1.29 is 5.11 Å². The maximum Gasteiger partial charge on any atom is 0.201 e. The Labute approximate surface area is 109 Å². The molecule has 0 saturated carbocycles. The third-order valence-corrected chi connectivity index (χ3v) is 3.19. The number of benzene rings is 1. The van der Waals surface area contributed by atoms with Crippen LogP contribution in [0.4, 0.5) is 5.69 Å². The number of aliphatic imine (C=N–C) groups is 1. The third kappa shape index (κ3) is 2.64. The second-order valence-corrected chi connectivity index (χ2v) is 4.41. The van der Waals surface area contributed by atoms with Gasteiger partial charge in [0, 0.05) is 18.8 Å². The number of rotatable bonds is 3. The van der Waals surface area contributed by atoms with Gasteiger partial charge < -0.3 is 14.9 Å². The molecule has 18 heavy (non-hydrogen) atoms. The molecule has 1 heterocycles. The molecule has 1 unspecified atom stereocenters. The highest BCUT2D eigenvalue weighted by Crippen LogP contribution is 2.18. The van der Waals surface area contributed by atoms with Crippen molar-refractivity contribution in [3.05, 3.63) is 30.3 Å². The SMILES string of the molecule is CCN(CC)C1=NCC(O)CN1c1ccccc1. The van der Waals surface area contributed by atoms with Gasteiger partial charge in [0.05, 0.1) is 19.2 Å². The molecular formula is C14H21N3O. The molecule has 0 fully saturated rings. The number of nitrogens with zero attached hydrogens (tertiary/aromatic N) is 3. The minimum Gasteiger partial charge on any atom is -0.389 e. The molecule has 1 aliphatic heterocycles. The molecule has 4 nitrogen and oxygen atoms in total. The highest BCUT2D eigenvalue weighted by molar-refractivity contribution is 5.96. The van der Waals surface area contributed by atoms with Gasteiger partial charge in [0.2, 0.25) is 5.96 Å². The quantitative estimate of drug-likeness (QED) is 0.881. The van der Waals surface area contributed by atoms with E-state index >= 15 is 0 Å². The topological polar surface area (TPSA) is 39.1 Å². The minimum atomic E-state index is -0.385. The van der Waals surface area contributed by atoms with Crippen molar-refractivity contribution >= 4 is 11.6 Å². The highest BCUT2D eigenvalue weighted by Gasteiger charge is 2.25. The van der Waals surface area contributed by atoms with Crippen LogP contribution in [0.15, 0.2) is 35.3 Å². The first-order valence-electron chi connectivity index (χ1n) is 6.56. The largest absolute Gasteiger partial charge is 0.389 e. The van der Waals surface area contributed by atoms with Crippen LogP contribution in [-0.2, 0) is 0 Å². The fourth-order valence-corrected chi connectivity index (χ4v) is 2.23. The lowest BCUT2D eigenvalue weighted by Gasteiger charge is -2.37. The van der Waals surface area contributed by atoms with Gasteiger partial charge in [-0.1, -0.05) is 18.2 Å². The van der Waals surface area contributed by atoms with Crippen molar-refractivity contribution in [1.82, 2.24) is 4.90 Å². The molecule has 1 aromatic rings. The Hall–Kier alpha value is -1.55. The lowest BCUT2D eigenvalue weighted by Crippen LogP contribution is -2.51. The summed E-state index contributed by atoms with van der Waals surface area (Å²) in [5, 5.41) is 9.82.